The van der Waals surface area contributed by atoms with Crippen LogP contribution in [0.25, 0.3) is 10.9 Å². The van der Waals surface area contributed by atoms with Crippen LogP contribution >= 0.6 is 0 Å². The molecule has 19 heavy (non-hydrogen) atoms. The molecule has 2 aromatic rings. The number of H-pyrrole nitrogens is 1. The Morgan fingerprint density at radius 2 is 2.00 bits per heavy atom. The van der Waals surface area contributed by atoms with Crippen molar-refractivity contribution in [3.63, 3.8) is 0 Å². The summed E-state index contributed by atoms with van der Waals surface area (Å²) >= 11 is 0. The van der Waals surface area contributed by atoms with Gasteiger partial charge in [-0.05, 0) is 25.5 Å². The largest absolute Gasteiger partial charge is 0.358 e. The Hall–Kier alpha value is -1.61. The fraction of sp³-hybridized carbons (Fsp3) is 0.438. The number of nitrogens with one attached hydrogen (secondary N) is 2. The molecule has 0 radical (unpaired) electrons. The molecule has 0 spiro atoms. The predicted octanol–water partition coefficient (Wildman–Crippen LogP) is 1.65. The SMILES string of the molecule is Cc1ccc2c(C(=O)C[NH+]3CCCC3)c(C)[nH]c2c1. The number of aromatic amines is 1. The van der Waals surface area contributed by atoms with E-state index in [9.17, 15) is 4.79 Å². The smallest absolute Gasteiger partial charge is 0.219 e. The lowest BCUT2D eigenvalue weighted by Crippen LogP contribution is -3.10. The second-order valence-corrected chi connectivity index (χ2v) is 5.73. The van der Waals surface area contributed by atoms with Crippen molar-refractivity contribution < 1.29 is 9.69 Å². The predicted molar refractivity (Wildman–Crippen MR) is 76.9 cm³/mol. The summed E-state index contributed by atoms with van der Waals surface area (Å²) in [4.78, 5) is 17.3. The minimum Gasteiger partial charge on any atom is -0.358 e. The molecular weight excluding hydrogens is 236 g/mol. The first-order chi connectivity index (χ1) is 9.15. The quantitative estimate of drug-likeness (QED) is 0.806. The van der Waals surface area contributed by atoms with Crippen LogP contribution in [0.3, 0.4) is 0 Å². The Bertz CT molecular complexity index is 621. The Balaban J connectivity index is 1.94. The van der Waals surface area contributed by atoms with Crippen molar-refractivity contribution >= 4 is 16.7 Å². The van der Waals surface area contributed by atoms with Crippen LogP contribution in [0.1, 0.15) is 34.5 Å². The van der Waals surface area contributed by atoms with E-state index in [1.54, 1.807) is 0 Å². The van der Waals surface area contributed by atoms with Crippen LogP contribution in [-0.4, -0.2) is 30.4 Å². The summed E-state index contributed by atoms with van der Waals surface area (Å²) in [5.41, 5.74) is 4.20. The molecule has 0 saturated carbocycles. The van der Waals surface area contributed by atoms with Gasteiger partial charge < -0.3 is 9.88 Å². The lowest BCUT2D eigenvalue weighted by atomic mass is 10.1. The minimum atomic E-state index is 0.282. The Kier molecular flexibility index (Phi) is 3.15. The molecule has 0 aliphatic carbocycles. The average Bonchev–Trinajstić information content (AvgIpc) is 2.95. The number of ketones is 1. The number of rotatable bonds is 3. The lowest BCUT2D eigenvalue weighted by molar-refractivity contribution is -0.878. The molecule has 1 aromatic carbocycles. The highest BCUT2D eigenvalue weighted by molar-refractivity contribution is 6.09. The van der Waals surface area contributed by atoms with Crippen LogP contribution in [0.2, 0.25) is 0 Å². The number of quaternary nitrogens is 1. The van der Waals surface area contributed by atoms with E-state index in [2.05, 4.69) is 30.1 Å². The van der Waals surface area contributed by atoms with Crippen LogP contribution in [0.15, 0.2) is 18.2 Å². The zero-order valence-electron chi connectivity index (χ0n) is 11.7. The van der Waals surface area contributed by atoms with Crippen LogP contribution in [0.5, 0.6) is 0 Å². The zero-order valence-corrected chi connectivity index (χ0v) is 11.7. The number of aromatic nitrogens is 1. The summed E-state index contributed by atoms with van der Waals surface area (Å²) in [5.74, 6) is 0.282. The molecule has 1 aliphatic rings. The lowest BCUT2D eigenvalue weighted by Gasteiger charge is -2.10. The Morgan fingerprint density at radius 1 is 1.26 bits per heavy atom. The molecule has 0 unspecified atom stereocenters. The number of carbonyl (C=O) groups excluding carboxylic acids is 1. The van der Waals surface area contributed by atoms with Gasteiger partial charge in [-0.3, -0.25) is 4.79 Å². The fourth-order valence-corrected chi connectivity index (χ4v) is 3.17. The summed E-state index contributed by atoms with van der Waals surface area (Å²) < 4.78 is 0. The van der Waals surface area contributed by atoms with Crippen molar-refractivity contribution in [3.05, 3.63) is 35.0 Å². The van der Waals surface area contributed by atoms with Gasteiger partial charge in [0.25, 0.3) is 0 Å². The summed E-state index contributed by atoms with van der Waals surface area (Å²) in [5, 5.41) is 1.08. The van der Waals surface area contributed by atoms with Crippen LogP contribution in [0, 0.1) is 13.8 Å². The van der Waals surface area contributed by atoms with Gasteiger partial charge >= 0.3 is 0 Å². The Labute approximate surface area is 113 Å². The number of likely N-dealkylation sites (tertiary alicyclic amines) is 1. The first kappa shape index (κ1) is 12.4. The van der Waals surface area contributed by atoms with E-state index in [4.69, 9.17) is 0 Å². The molecule has 3 nitrogen and oxygen atoms in total. The van der Waals surface area contributed by atoms with Crippen molar-refractivity contribution in [2.24, 2.45) is 0 Å². The standard InChI is InChI=1S/C16H20N2O/c1-11-5-6-13-14(9-11)17-12(2)16(13)15(19)10-18-7-3-4-8-18/h5-6,9,17H,3-4,7-8,10H2,1-2H3/p+1. The van der Waals surface area contributed by atoms with E-state index < -0.39 is 0 Å². The summed E-state index contributed by atoms with van der Waals surface area (Å²) in [6.45, 7) is 7.01. The number of aryl methyl sites for hydroxylation is 2. The van der Waals surface area contributed by atoms with E-state index in [0.29, 0.717) is 6.54 Å². The van der Waals surface area contributed by atoms with Gasteiger partial charge in [0.2, 0.25) is 5.78 Å². The molecule has 3 rings (SSSR count). The van der Waals surface area contributed by atoms with E-state index in [0.717, 1.165) is 35.2 Å². The third-order valence-corrected chi connectivity index (χ3v) is 4.14. The third-order valence-electron chi connectivity index (χ3n) is 4.14. The molecule has 2 N–H and O–H groups in total. The molecule has 2 heterocycles. The first-order valence-electron chi connectivity index (χ1n) is 7.11. The van der Waals surface area contributed by atoms with Crippen LogP contribution < -0.4 is 4.90 Å². The Morgan fingerprint density at radius 3 is 2.74 bits per heavy atom. The summed E-state index contributed by atoms with van der Waals surface area (Å²) in [6.07, 6.45) is 2.52. The molecule has 1 aliphatic heterocycles. The van der Waals surface area contributed by atoms with E-state index in [-0.39, 0.29) is 5.78 Å². The molecule has 100 valence electrons. The van der Waals surface area contributed by atoms with Crippen molar-refractivity contribution in [2.45, 2.75) is 26.7 Å². The number of fused-ring (bicyclic) bond motifs is 1. The van der Waals surface area contributed by atoms with Crippen LogP contribution in [0.4, 0.5) is 0 Å². The molecule has 1 fully saturated rings. The van der Waals surface area contributed by atoms with E-state index >= 15 is 0 Å². The van der Waals surface area contributed by atoms with Gasteiger partial charge in [0.05, 0.1) is 18.7 Å². The molecule has 1 aromatic heterocycles. The maximum absolute atomic E-state index is 12.5. The van der Waals surface area contributed by atoms with Crippen molar-refractivity contribution in [1.82, 2.24) is 4.98 Å². The highest BCUT2D eigenvalue weighted by atomic mass is 16.1. The first-order valence-corrected chi connectivity index (χ1v) is 7.11. The molecular formula is C16H21N2O+. The summed E-state index contributed by atoms with van der Waals surface area (Å²) in [7, 11) is 0. The molecule has 0 bridgehead atoms. The fourth-order valence-electron chi connectivity index (χ4n) is 3.17. The minimum absolute atomic E-state index is 0.282. The van der Waals surface area contributed by atoms with Gasteiger partial charge in [-0.25, -0.2) is 0 Å². The number of hydrogen-bond acceptors (Lipinski definition) is 1. The van der Waals surface area contributed by atoms with Crippen LogP contribution in [-0.2, 0) is 0 Å². The van der Waals surface area contributed by atoms with Crippen molar-refractivity contribution in [2.75, 3.05) is 19.6 Å². The average molecular weight is 257 g/mol. The number of benzene rings is 1. The third kappa shape index (κ3) is 2.30. The molecule has 1 saturated heterocycles. The van der Waals surface area contributed by atoms with E-state index in [1.807, 2.05) is 6.92 Å². The molecule has 3 heteroatoms. The van der Waals surface area contributed by atoms with Gasteiger partial charge in [0.15, 0.2) is 0 Å². The maximum atomic E-state index is 12.5. The monoisotopic (exact) mass is 257 g/mol. The summed E-state index contributed by atoms with van der Waals surface area (Å²) in [6, 6.07) is 6.26. The van der Waals surface area contributed by atoms with Crippen molar-refractivity contribution in [3.8, 4) is 0 Å². The second-order valence-electron chi connectivity index (χ2n) is 5.73. The molecule has 0 atom stereocenters. The zero-order chi connectivity index (χ0) is 13.4. The number of carbonyl (C=O) groups is 1. The van der Waals surface area contributed by atoms with Gasteiger partial charge in [-0.15, -0.1) is 0 Å². The van der Waals surface area contributed by atoms with Crippen molar-refractivity contribution in [1.29, 1.82) is 0 Å². The van der Waals surface area contributed by atoms with E-state index in [1.165, 1.54) is 23.3 Å². The van der Waals surface area contributed by atoms with Gasteiger partial charge in [0.1, 0.15) is 6.54 Å². The second kappa shape index (κ2) is 4.82. The molecule has 0 amide bonds. The number of Topliss-reactive ketones (excluding diaryl/α,β-unsaturated/α-hetero) is 1. The maximum Gasteiger partial charge on any atom is 0.219 e. The number of hydrogen-bond donors (Lipinski definition) is 2. The normalized spacial score (nSPS) is 16.3. The highest BCUT2D eigenvalue weighted by Gasteiger charge is 2.23. The van der Waals surface area contributed by atoms with Gasteiger partial charge in [-0.1, -0.05) is 12.1 Å². The van der Waals surface area contributed by atoms with Gasteiger partial charge in [-0.2, -0.15) is 0 Å². The highest BCUT2D eigenvalue weighted by Crippen LogP contribution is 2.23. The van der Waals surface area contributed by atoms with Gasteiger partial charge in [0, 0.05) is 29.4 Å². The topological polar surface area (TPSA) is 37.3 Å².